The van der Waals surface area contributed by atoms with Crippen molar-refractivity contribution in [2.24, 2.45) is 0 Å². The number of amides is 1. The van der Waals surface area contributed by atoms with Crippen LogP contribution < -0.4 is 16.2 Å². The van der Waals surface area contributed by atoms with Gasteiger partial charge in [-0.25, -0.2) is 4.98 Å². The maximum atomic E-state index is 13.0. The molecule has 0 aliphatic carbocycles. The van der Waals surface area contributed by atoms with E-state index in [-0.39, 0.29) is 16.4 Å². The van der Waals surface area contributed by atoms with Crippen LogP contribution in [0.4, 0.5) is 13.2 Å². The molecule has 1 amide bonds. The number of benzene rings is 1. The van der Waals surface area contributed by atoms with Gasteiger partial charge >= 0.3 is 6.18 Å². The van der Waals surface area contributed by atoms with E-state index in [2.05, 4.69) is 21.2 Å². The van der Waals surface area contributed by atoms with Gasteiger partial charge in [-0.3, -0.25) is 15.6 Å². The number of hydrogen-bond donors (Lipinski definition) is 3. The van der Waals surface area contributed by atoms with Crippen molar-refractivity contribution in [3.63, 3.8) is 0 Å². The predicted molar refractivity (Wildman–Crippen MR) is 90.4 cm³/mol. The number of alkyl halides is 3. The van der Waals surface area contributed by atoms with Gasteiger partial charge in [-0.1, -0.05) is 18.2 Å². The number of hydrogen-bond acceptors (Lipinski definition) is 4. The minimum Gasteiger partial charge on any atom is -0.364 e. The van der Waals surface area contributed by atoms with E-state index >= 15 is 0 Å². The monoisotopic (exact) mass is 374 g/mol. The van der Waals surface area contributed by atoms with Crippen molar-refractivity contribution in [2.45, 2.75) is 11.1 Å². The van der Waals surface area contributed by atoms with Crippen LogP contribution in [0.2, 0.25) is 0 Å². The summed E-state index contributed by atoms with van der Waals surface area (Å²) in [7, 11) is 1.58. The molecule has 1 aromatic carbocycles. The molecule has 0 spiro atoms. The summed E-state index contributed by atoms with van der Waals surface area (Å²) in [6, 6.07) is 7.43. The Morgan fingerprint density at radius 1 is 1.29 bits per heavy atom. The molecular formula is C14H13F3N4OS2. The fourth-order valence-electron chi connectivity index (χ4n) is 1.78. The lowest BCUT2D eigenvalue weighted by atomic mass is 10.2. The lowest BCUT2D eigenvalue weighted by Crippen LogP contribution is -2.46. The van der Waals surface area contributed by atoms with Gasteiger partial charge in [0.2, 0.25) is 5.91 Å². The number of hydrazine groups is 1. The van der Waals surface area contributed by atoms with Crippen LogP contribution in [0.25, 0.3) is 10.9 Å². The molecule has 0 atom stereocenters. The van der Waals surface area contributed by atoms with Gasteiger partial charge in [0, 0.05) is 17.3 Å². The van der Waals surface area contributed by atoms with Crippen molar-refractivity contribution in [2.75, 3.05) is 12.8 Å². The number of nitrogens with one attached hydrogen (secondary N) is 3. The van der Waals surface area contributed by atoms with Crippen molar-refractivity contribution in [1.29, 1.82) is 0 Å². The van der Waals surface area contributed by atoms with Crippen molar-refractivity contribution in [3.8, 4) is 0 Å². The number of carbonyl (C=O) groups is 1. The van der Waals surface area contributed by atoms with Crippen LogP contribution in [0.3, 0.4) is 0 Å². The van der Waals surface area contributed by atoms with Crippen LogP contribution in [-0.4, -0.2) is 28.8 Å². The Kier molecular flexibility index (Phi) is 5.84. The van der Waals surface area contributed by atoms with Crippen LogP contribution in [-0.2, 0) is 11.0 Å². The molecule has 1 aromatic heterocycles. The lowest BCUT2D eigenvalue weighted by Gasteiger charge is -2.12. The van der Waals surface area contributed by atoms with E-state index < -0.39 is 17.8 Å². The third kappa shape index (κ3) is 4.71. The second-order valence-corrected chi connectivity index (χ2v) is 5.99. The summed E-state index contributed by atoms with van der Waals surface area (Å²) in [5.41, 5.74) is 4.04. The maximum Gasteiger partial charge on any atom is 0.433 e. The molecule has 0 saturated heterocycles. The molecular weight excluding hydrogens is 361 g/mol. The highest BCUT2D eigenvalue weighted by Gasteiger charge is 2.33. The normalized spacial score (nSPS) is 11.2. The first kappa shape index (κ1) is 18.3. The Bertz CT molecular complexity index is 767. The second-order valence-electron chi connectivity index (χ2n) is 4.56. The zero-order valence-electron chi connectivity index (χ0n) is 12.4. The number of carbonyl (C=O) groups excluding carboxylic acids is 1. The average Bonchev–Trinajstić information content (AvgIpc) is 2.56. The third-order valence-electron chi connectivity index (χ3n) is 2.87. The van der Waals surface area contributed by atoms with Gasteiger partial charge < -0.3 is 5.32 Å². The van der Waals surface area contributed by atoms with Crippen LogP contribution in [0.1, 0.15) is 5.69 Å². The number of thioether (sulfide) groups is 1. The van der Waals surface area contributed by atoms with E-state index in [9.17, 15) is 18.0 Å². The molecule has 0 fully saturated rings. The summed E-state index contributed by atoms with van der Waals surface area (Å²) in [6.07, 6.45) is -4.55. The number of thiocarbonyl (C=S) groups is 1. The second kappa shape index (κ2) is 7.67. The third-order valence-corrected chi connectivity index (χ3v) is 4.23. The first-order valence-corrected chi connectivity index (χ1v) is 8.07. The van der Waals surface area contributed by atoms with Crippen molar-refractivity contribution in [1.82, 2.24) is 21.2 Å². The van der Waals surface area contributed by atoms with Gasteiger partial charge in [-0.05, 0) is 24.4 Å². The van der Waals surface area contributed by atoms with Gasteiger partial charge in [0.25, 0.3) is 0 Å². The van der Waals surface area contributed by atoms with Gasteiger partial charge in [0.05, 0.1) is 11.3 Å². The SMILES string of the molecule is CNC(=S)NNC(=O)CSc1cc(C(F)(F)F)nc2ccccc12. The first-order chi connectivity index (χ1) is 11.3. The Morgan fingerprint density at radius 3 is 2.67 bits per heavy atom. The number of pyridine rings is 1. The van der Waals surface area contributed by atoms with Gasteiger partial charge in [-0.2, -0.15) is 13.2 Å². The molecule has 128 valence electrons. The average molecular weight is 374 g/mol. The molecule has 3 N–H and O–H groups in total. The molecule has 2 aromatic rings. The molecule has 0 aliphatic heterocycles. The number of nitrogens with zero attached hydrogens (tertiary/aromatic N) is 1. The number of rotatable bonds is 3. The Hall–Kier alpha value is -2.07. The number of halogens is 3. The standard InChI is InChI=1S/C14H13F3N4OS2/c1-18-13(23)21-20-12(22)7-24-10-6-11(14(15,16)17)19-9-5-3-2-4-8(9)10/h2-6H,7H2,1H3,(H,20,22)(H2,18,21,23). The summed E-state index contributed by atoms with van der Waals surface area (Å²) >= 11 is 5.79. The van der Waals surface area contributed by atoms with Gasteiger partial charge in [0.15, 0.2) is 5.11 Å². The molecule has 10 heteroatoms. The summed E-state index contributed by atoms with van der Waals surface area (Å²) in [5, 5.41) is 3.39. The number of para-hydroxylation sites is 1. The molecule has 2 rings (SSSR count). The Balaban J connectivity index is 2.18. The Labute approximate surface area is 145 Å². The van der Waals surface area contributed by atoms with Crippen LogP contribution in [0.5, 0.6) is 0 Å². The molecule has 0 radical (unpaired) electrons. The molecule has 0 aliphatic rings. The van der Waals surface area contributed by atoms with Gasteiger partial charge in [-0.15, -0.1) is 11.8 Å². The highest BCUT2D eigenvalue weighted by molar-refractivity contribution is 8.00. The largest absolute Gasteiger partial charge is 0.433 e. The van der Waals surface area contributed by atoms with Crippen molar-refractivity contribution in [3.05, 3.63) is 36.0 Å². The smallest absolute Gasteiger partial charge is 0.364 e. The molecule has 0 bridgehead atoms. The molecule has 1 heterocycles. The fraction of sp³-hybridized carbons (Fsp3) is 0.214. The number of aromatic nitrogens is 1. The Morgan fingerprint density at radius 2 is 2.00 bits per heavy atom. The predicted octanol–water partition coefficient (Wildman–Crippen LogP) is 2.47. The van der Waals surface area contributed by atoms with Crippen molar-refractivity contribution >= 4 is 45.9 Å². The van der Waals surface area contributed by atoms with E-state index in [1.807, 2.05) is 0 Å². The lowest BCUT2D eigenvalue weighted by molar-refractivity contribution is -0.141. The summed E-state index contributed by atoms with van der Waals surface area (Å²) in [6.45, 7) is 0. The van der Waals surface area contributed by atoms with E-state index in [1.54, 1.807) is 25.2 Å². The highest BCUT2D eigenvalue weighted by atomic mass is 32.2. The zero-order valence-corrected chi connectivity index (χ0v) is 14.0. The maximum absolute atomic E-state index is 13.0. The molecule has 0 unspecified atom stereocenters. The van der Waals surface area contributed by atoms with Crippen LogP contribution >= 0.6 is 24.0 Å². The minimum atomic E-state index is -4.55. The summed E-state index contributed by atoms with van der Waals surface area (Å²) in [4.78, 5) is 15.7. The van der Waals surface area contributed by atoms with E-state index in [0.29, 0.717) is 10.3 Å². The van der Waals surface area contributed by atoms with E-state index in [4.69, 9.17) is 12.2 Å². The highest BCUT2D eigenvalue weighted by Crippen LogP contribution is 2.34. The summed E-state index contributed by atoms with van der Waals surface area (Å²) < 4.78 is 38.9. The van der Waals surface area contributed by atoms with E-state index in [1.165, 1.54) is 6.07 Å². The van der Waals surface area contributed by atoms with Crippen molar-refractivity contribution < 1.29 is 18.0 Å². The molecule has 0 saturated carbocycles. The quantitative estimate of drug-likeness (QED) is 0.436. The van der Waals surface area contributed by atoms with Gasteiger partial charge in [0.1, 0.15) is 5.69 Å². The first-order valence-electron chi connectivity index (χ1n) is 6.67. The van der Waals surface area contributed by atoms with Crippen LogP contribution in [0.15, 0.2) is 35.2 Å². The molecule has 24 heavy (non-hydrogen) atoms. The van der Waals surface area contributed by atoms with E-state index in [0.717, 1.165) is 17.8 Å². The zero-order chi connectivity index (χ0) is 17.7. The van der Waals surface area contributed by atoms with Crippen LogP contribution in [0, 0.1) is 0 Å². The minimum absolute atomic E-state index is 0.0787. The topological polar surface area (TPSA) is 66.0 Å². The molecule has 5 nitrogen and oxygen atoms in total. The number of fused-ring (bicyclic) bond motifs is 1. The summed E-state index contributed by atoms with van der Waals surface area (Å²) in [5.74, 6) is -0.503. The fourth-order valence-corrected chi connectivity index (χ4v) is 2.71.